The Balaban J connectivity index is 2.29. The van der Waals surface area contributed by atoms with Gasteiger partial charge in [0.15, 0.2) is 0 Å². The zero-order valence-electron chi connectivity index (χ0n) is 10.1. The number of hydrogen-bond acceptors (Lipinski definition) is 2. The highest BCUT2D eigenvalue weighted by Gasteiger charge is 2.26. The van der Waals surface area contributed by atoms with Crippen LogP contribution in [-0.4, -0.2) is 12.6 Å². The molecular weight excluding hydrogens is 220 g/mol. The van der Waals surface area contributed by atoms with E-state index in [-0.39, 0.29) is 5.41 Å². The van der Waals surface area contributed by atoms with E-state index in [9.17, 15) is 0 Å². The van der Waals surface area contributed by atoms with Crippen molar-refractivity contribution in [1.82, 2.24) is 0 Å². The van der Waals surface area contributed by atoms with Crippen molar-refractivity contribution in [2.75, 3.05) is 17.2 Å². The normalized spacial score (nSPS) is 20.4. The molecule has 0 bridgehead atoms. The average molecular weight is 239 g/mol. The van der Waals surface area contributed by atoms with Crippen LogP contribution < -0.4 is 10.6 Å². The van der Waals surface area contributed by atoms with Gasteiger partial charge in [0.2, 0.25) is 0 Å². The molecule has 0 saturated heterocycles. The Hall–Kier alpha value is -0.890. The largest absolute Gasteiger partial charge is 0.383 e. The predicted molar refractivity (Wildman–Crippen MR) is 71.4 cm³/mol. The van der Waals surface area contributed by atoms with Crippen molar-refractivity contribution in [2.24, 2.45) is 5.41 Å². The molecule has 2 N–H and O–H groups in total. The van der Waals surface area contributed by atoms with Crippen LogP contribution in [0.4, 0.5) is 11.4 Å². The molecule has 0 amide bonds. The molecule has 0 saturated carbocycles. The van der Waals surface area contributed by atoms with Crippen molar-refractivity contribution in [3.63, 3.8) is 0 Å². The van der Waals surface area contributed by atoms with Crippen LogP contribution >= 0.6 is 11.6 Å². The summed E-state index contributed by atoms with van der Waals surface area (Å²) in [6.07, 6.45) is 1.12. The summed E-state index contributed by atoms with van der Waals surface area (Å²) in [5, 5.41) is 7.81. The topological polar surface area (TPSA) is 24.1 Å². The third kappa shape index (κ3) is 2.43. The van der Waals surface area contributed by atoms with Crippen molar-refractivity contribution in [3.05, 3.63) is 23.2 Å². The molecule has 0 fully saturated rings. The fourth-order valence-corrected chi connectivity index (χ4v) is 2.22. The number of hydrogen-bond donors (Lipinski definition) is 2. The summed E-state index contributed by atoms with van der Waals surface area (Å²) in [6.45, 7) is 7.80. The van der Waals surface area contributed by atoms with E-state index in [1.54, 1.807) is 0 Å². The molecule has 1 aliphatic rings. The van der Waals surface area contributed by atoms with Crippen LogP contribution in [-0.2, 0) is 0 Å². The van der Waals surface area contributed by atoms with Gasteiger partial charge in [0, 0.05) is 17.6 Å². The number of halogens is 1. The van der Waals surface area contributed by atoms with E-state index in [1.807, 2.05) is 18.2 Å². The molecule has 16 heavy (non-hydrogen) atoms. The highest BCUT2D eigenvalue weighted by atomic mass is 35.5. The summed E-state index contributed by atoms with van der Waals surface area (Å²) < 4.78 is 0. The minimum Gasteiger partial charge on any atom is -0.383 e. The first-order valence-corrected chi connectivity index (χ1v) is 6.14. The van der Waals surface area contributed by atoms with Crippen LogP contribution in [0.2, 0.25) is 5.02 Å². The molecule has 2 rings (SSSR count). The molecule has 1 aliphatic heterocycles. The van der Waals surface area contributed by atoms with Gasteiger partial charge in [-0.2, -0.15) is 0 Å². The molecule has 1 aromatic rings. The standard InChI is InChI=1S/C13H19ClN2/c1-13(2,3)12-6-7-15-10-5-4-9(14)8-11(10)16-12/h4-5,8,12,15-16H,6-7H2,1-3H3. The molecule has 88 valence electrons. The first-order chi connectivity index (χ1) is 7.47. The molecule has 1 atom stereocenters. The lowest BCUT2D eigenvalue weighted by molar-refractivity contribution is 0.332. The Morgan fingerprint density at radius 2 is 2.00 bits per heavy atom. The van der Waals surface area contributed by atoms with Crippen molar-refractivity contribution in [3.8, 4) is 0 Å². The molecule has 0 aromatic heterocycles. The smallest absolute Gasteiger partial charge is 0.0593 e. The maximum atomic E-state index is 6.02. The van der Waals surface area contributed by atoms with E-state index >= 15 is 0 Å². The van der Waals surface area contributed by atoms with Crippen LogP contribution in [0.3, 0.4) is 0 Å². The third-order valence-corrected chi connectivity index (χ3v) is 3.34. The molecule has 1 aromatic carbocycles. The summed E-state index contributed by atoms with van der Waals surface area (Å²) in [5.41, 5.74) is 2.52. The van der Waals surface area contributed by atoms with Gasteiger partial charge in [-0.15, -0.1) is 0 Å². The monoisotopic (exact) mass is 238 g/mol. The van der Waals surface area contributed by atoms with E-state index < -0.39 is 0 Å². The number of anilines is 2. The van der Waals surface area contributed by atoms with Crippen molar-refractivity contribution < 1.29 is 0 Å². The Labute approximate surface area is 102 Å². The molecular formula is C13H19ClN2. The second-order valence-corrected chi connectivity index (χ2v) is 5.90. The van der Waals surface area contributed by atoms with Crippen LogP contribution in [0.15, 0.2) is 18.2 Å². The molecule has 0 aliphatic carbocycles. The van der Waals surface area contributed by atoms with Crippen molar-refractivity contribution in [2.45, 2.75) is 33.2 Å². The Bertz CT molecular complexity index is 382. The molecule has 1 unspecified atom stereocenters. The number of benzene rings is 1. The Morgan fingerprint density at radius 3 is 2.69 bits per heavy atom. The lowest BCUT2D eigenvalue weighted by atomic mass is 9.85. The zero-order valence-corrected chi connectivity index (χ0v) is 10.9. The molecule has 3 heteroatoms. The average Bonchev–Trinajstić information content (AvgIpc) is 2.38. The second-order valence-electron chi connectivity index (χ2n) is 5.47. The summed E-state index contributed by atoms with van der Waals surface area (Å²) in [5.74, 6) is 0. The van der Waals surface area contributed by atoms with E-state index in [2.05, 4.69) is 31.4 Å². The maximum absolute atomic E-state index is 6.02. The summed E-state index contributed by atoms with van der Waals surface area (Å²) in [6, 6.07) is 6.43. The molecule has 2 nitrogen and oxygen atoms in total. The summed E-state index contributed by atoms with van der Waals surface area (Å²) >= 11 is 6.02. The molecule has 1 heterocycles. The SMILES string of the molecule is CC(C)(C)C1CCNc2ccc(Cl)cc2N1. The number of nitrogens with one attached hydrogen (secondary N) is 2. The van der Waals surface area contributed by atoms with E-state index in [0.29, 0.717) is 6.04 Å². The Morgan fingerprint density at radius 1 is 1.25 bits per heavy atom. The lowest BCUT2D eigenvalue weighted by Crippen LogP contribution is -2.34. The minimum atomic E-state index is 0.256. The fourth-order valence-electron chi connectivity index (χ4n) is 2.05. The van der Waals surface area contributed by atoms with Crippen LogP contribution in [0.25, 0.3) is 0 Å². The second kappa shape index (κ2) is 4.17. The minimum absolute atomic E-state index is 0.256. The number of fused-ring (bicyclic) bond motifs is 1. The van der Waals surface area contributed by atoms with Gasteiger partial charge in [0.05, 0.1) is 11.4 Å². The van der Waals surface area contributed by atoms with Crippen molar-refractivity contribution >= 4 is 23.0 Å². The van der Waals surface area contributed by atoms with Gasteiger partial charge in [0.1, 0.15) is 0 Å². The molecule has 0 spiro atoms. The third-order valence-electron chi connectivity index (χ3n) is 3.11. The highest BCUT2D eigenvalue weighted by Crippen LogP contribution is 2.33. The van der Waals surface area contributed by atoms with Crippen LogP contribution in [0.5, 0.6) is 0 Å². The van der Waals surface area contributed by atoms with E-state index in [4.69, 9.17) is 11.6 Å². The lowest BCUT2D eigenvalue weighted by Gasteiger charge is -2.31. The van der Waals surface area contributed by atoms with Crippen LogP contribution in [0.1, 0.15) is 27.2 Å². The van der Waals surface area contributed by atoms with E-state index in [1.165, 1.54) is 0 Å². The van der Waals surface area contributed by atoms with Gasteiger partial charge in [-0.1, -0.05) is 32.4 Å². The molecule has 0 radical (unpaired) electrons. The fraction of sp³-hybridized carbons (Fsp3) is 0.538. The van der Waals surface area contributed by atoms with Gasteiger partial charge in [-0.3, -0.25) is 0 Å². The quantitative estimate of drug-likeness (QED) is 0.715. The van der Waals surface area contributed by atoms with Crippen LogP contribution in [0, 0.1) is 5.41 Å². The van der Waals surface area contributed by atoms with Gasteiger partial charge in [-0.05, 0) is 30.0 Å². The van der Waals surface area contributed by atoms with Crippen molar-refractivity contribution in [1.29, 1.82) is 0 Å². The highest BCUT2D eigenvalue weighted by molar-refractivity contribution is 6.31. The Kier molecular flexibility index (Phi) is 3.02. The zero-order chi connectivity index (χ0) is 11.8. The number of rotatable bonds is 0. The van der Waals surface area contributed by atoms with E-state index in [0.717, 1.165) is 29.4 Å². The first kappa shape index (κ1) is 11.6. The summed E-state index contributed by atoms with van der Waals surface area (Å²) in [4.78, 5) is 0. The summed E-state index contributed by atoms with van der Waals surface area (Å²) in [7, 11) is 0. The maximum Gasteiger partial charge on any atom is 0.0593 e. The predicted octanol–water partition coefficient (Wildman–Crippen LogP) is 3.98. The first-order valence-electron chi connectivity index (χ1n) is 5.77. The van der Waals surface area contributed by atoms with Gasteiger partial charge in [-0.25, -0.2) is 0 Å². The van der Waals surface area contributed by atoms with Gasteiger partial charge < -0.3 is 10.6 Å². The van der Waals surface area contributed by atoms with Gasteiger partial charge >= 0.3 is 0 Å². The van der Waals surface area contributed by atoms with Gasteiger partial charge in [0.25, 0.3) is 0 Å².